The number of benzene rings is 1. The van der Waals surface area contributed by atoms with Crippen LogP contribution in [0.5, 0.6) is 5.75 Å². The van der Waals surface area contributed by atoms with Gasteiger partial charge in [-0.25, -0.2) is 0 Å². The van der Waals surface area contributed by atoms with Crippen LogP contribution >= 0.6 is 11.8 Å². The van der Waals surface area contributed by atoms with E-state index in [4.69, 9.17) is 10.5 Å². The third-order valence-corrected chi connectivity index (χ3v) is 3.16. The van der Waals surface area contributed by atoms with Gasteiger partial charge in [0.15, 0.2) is 0 Å². The molecule has 78 valence electrons. The monoisotopic (exact) mass is 211 g/mol. The second-order valence-electron chi connectivity index (χ2n) is 3.30. The fourth-order valence-electron chi connectivity index (χ4n) is 1.20. The molecule has 0 amide bonds. The number of hydrogen-bond acceptors (Lipinski definition) is 3. The molecular weight excluding hydrogens is 194 g/mol. The van der Waals surface area contributed by atoms with Crippen molar-refractivity contribution in [3.05, 3.63) is 23.8 Å². The molecule has 0 spiro atoms. The Morgan fingerprint density at radius 3 is 2.71 bits per heavy atom. The van der Waals surface area contributed by atoms with Crippen molar-refractivity contribution >= 4 is 11.8 Å². The van der Waals surface area contributed by atoms with Crippen molar-refractivity contribution in [3.8, 4) is 5.75 Å². The summed E-state index contributed by atoms with van der Waals surface area (Å²) in [7, 11) is 1.69. The van der Waals surface area contributed by atoms with Crippen LogP contribution in [0.15, 0.2) is 23.1 Å². The SMILES string of the molecule is COc1ccc(SC(C)CN)cc1C. The van der Waals surface area contributed by atoms with Gasteiger partial charge < -0.3 is 10.5 Å². The molecule has 1 unspecified atom stereocenters. The zero-order chi connectivity index (χ0) is 10.6. The van der Waals surface area contributed by atoms with E-state index in [0.717, 1.165) is 5.75 Å². The summed E-state index contributed by atoms with van der Waals surface area (Å²) in [6.07, 6.45) is 0. The normalized spacial score (nSPS) is 12.6. The van der Waals surface area contributed by atoms with Gasteiger partial charge in [0, 0.05) is 16.7 Å². The van der Waals surface area contributed by atoms with E-state index >= 15 is 0 Å². The first-order valence-electron chi connectivity index (χ1n) is 4.68. The summed E-state index contributed by atoms with van der Waals surface area (Å²) in [5.41, 5.74) is 6.74. The third-order valence-electron chi connectivity index (χ3n) is 2.04. The summed E-state index contributed by atoms with van der Waals surface area (Å²) < 4.78 is 5.20. The van der Waals surface area contributed by atoms with Crippen molar-refractivity contribution < 1.29 is 4.74 Å². The second-order valence-corrected chi connectivity index (χ2v) is 4.81. The Morgan fingerprint density at radius 1 is 1.50 bits per heavy atom. The van der Waals surface area contributed by atoms with Crippen molar-refractivity contribution in [1.82, 2.24) is 0 Å². The molecular formula is C11H17NOS. The Labute approximate surface area is 89.8 Å². The second kappa shape index (κ2) is 5.27. The largest absolute Gasteiger partial charge is 0.496 e. The molecule has 1 aromatic rings. The highest BCUT2D eigenvalue weighted by Gasteiger charge is 2.04. The molecule has 0 aromatic heterocycles. The van der Waals surface area contributed by atoms with Crippen molar-refractivity contribution in [2.24, 2.45) is 5.73 Å². The van der Waals surface area contributed by atoms with Crippen LogP contribution in [0.3, 0.4) is 0 Å². The molecule has 0 bridgehead atoms. The molecule has 1 atom stereocenters. The fourth-order valence-corrected chi connectivity index (χ4v) is 2.16. The molecule has 0 radical (unpaired) electrons. The summed E-state index contributed by atoms with van der Waals surface area (Å²) in [5, 5.41) is 0.461. The third kappa shape index (κ3) is 2.93. The molecule has 0 saturated carbocycles. The van der Waals surface area contributed by atoms with Crippen molar-refractivity contribution in [1.29, 1.82) is 0 Å². The number of thioether (sulfide) groups is 1. The zero-order valence-corrected chi connectivity index (χ0v) is 9.73. The first-order valence-corrected chi connectivity index (χ1v) is 5.56. The van der Waals surface area contributed by atoms with Crippen molar-refractivity contribution in [2.45, 2.75) is 24.0 Å². The van der Waals surface area contributed by atoms with E-state index in [2.05, 4.69) is 26.0 Å². The van der Waals surface area contributed by atoms with Gasteiger partial charge in [0.05, 0.1) is 7.11 Å². The van der Waals surface area contributed by atoms with E-state index in [9.17, 15) is 0 Å². The maximum absolute atomic E-state index is 5.57. The van der Waals surface area contributed by atoms with Crippen LogP contribution in [0, 0.1) is 6.92 Å². The predicted octanol–water partition coefficient (Wildman–Crippen LogP) is 2.44. The molecule has 0 saturated heterocycles. The van der Waals surface area contributed by atoms with Crippen LogP contribution in [0.4, 0.5) is 0 Å². The van der Waals surface area contributed by atoms with E-state index in [-0.39, 0.29) is 0 Å². The first kappa shape index (κ1) is 11.4. The van der Waals surface area contributed by atoms with E-state index < -0.39 is 0 Å². The molecule has 2 N–H and O–H groups in total. The minimum Gasteiger partial charge on any atom is -0.496 e. The van der Waals surface area contributed by atoms with Gasteiger partial charge in [-0.05, 0) is 30.7 Å². The van der Waals surface area contributed by atoms with E-state index in [1.807, 2.05) is 6.07 Å². The molecule has 0 aliphatic heterocycles. The number of methoxy groups -OCH3 is 1. The topological polar surface area (TPSA) is 35.2 Å². The van der Waals surface area contributed by atoms with Crippen LogP contribution < -0.4 is 10.5 Å². The van der Waals surface area contributed by atoms with Gasteiger partial charge in [0.25, 0.3) is 0 Å². The molecule has 1 rings (SSSR count). The summed E-state index contributed by atoms with van der Waals surface area (Å²) in [6, 6.07) is 6.21. The molecule has 2 nitrogen and oxygen atoms in total. The van der Waals surface area contributed by atoms with Crippen LogP contribution in [-0.4, -0.2) is 18.9 Å². The summed E-state index contributed by atoms with van der Waals surface area (Å²) in [6.45, 7) is 4.88. The molecule has 0 fully saturated rings. The van der Waals surface area contributed by atoms with Crippen molar-refractivity contribution in [2.75, 3.05) is 13.7 Å². The Hall–Kier alpha value is -0.670. The smallest absolute Gasteiger partial charge is 0.121 e. The van der Waals surface area contributed by atoms with E-state index in [1.54, 1.807) is 18.9 Å². The standard InChI is InChI=1S/C11H17NOS/c1-8-6-10(14-9(2)7-12)4-5-11(8)13-3/h4-6,9H,7,12H2,1-3H3. The fraction of sp³-hybridized carbons (Fsp3) is 0.455. The lowest BCUT2D eigenvalue weighted by Crippen LogP contribution is -2.12. The summed E-state index contributed by atoms with van der Waals surface area (Å²) in [4.78, 5) is 1.25. The van der Waals surface area contributed by atoms with Gasteiger partial charge in [-0.15, -0.1) is 11.8 Å². The quantitative estimate of drug-likeness (QED) is 0.777. The number of rotatable bonds is 4. The van der Waals surface area contributed by atoms with Gasteiger partial charge in [0.1, 0.15) is 5.75 Å². The summed E-state index contributed by atoms with van der Waals surface area (Å²) >= 11 is 1.80. The minimum absolute atomic E-state index is 0.461. The predicted molar refractivity (Wildman–Crippen MR) is 62.1 cm³/mol. The van der Waals surface area contributed by atoms with Crippen LogP contribution in [0.1, 0.15) is 12.5 Å². The van der Waals surface area contributed by atoms with Gasteiger partial charge in [-0.2, -0.15) is 0 Å². The van der Waals surface area contributed by atoms with Crippen LogP contribution in [0.2, 0.25) is 0 Å². The molecule has 0 heterocycles. The molecule has 1 aromatic carbocycles. The number of nitrogens with two attached hydrogens (primary N) is 1. The van der Waals surface area contributed by atoms with Gasteiger partial charge in [-0.3, -0.25) is 0 Å². The molecule has 0 aliphatic carbocycles. The average molecular weight is 211 g/mol. The number of hydrogen-bond donors (Lipinski definition) is 1. The van der Waals surface area contributed by atoms with Crippen LogP contribution in [0.25, 0.3) is 0 Å². The lowest BCUT2D eigenvalue weighted by Gasteiger charge is -2.10. The highest BCUT2D eigenvalue weighted by Crippen LogP contribution is 2.27. The molecule has 3 heteroatoms. The summed E-state index contributed by atoms with van der Waals surface area (Å²) in [5.74, 6) is 0.940. The molecule has 0 aliphatic rings. The van der Waals surface area contributed by atoms with Gasteiger partial charge >= 0.3 is 0 Å². The number of ether oxygens (including phenoxy) is 1. The Bertz CT molecular complexity index is 301. The maximum atomic E-state index is 5.57. The maximum Gasteiger partial charge on any atom is 0.121 e. The minimum atomic E-state index is 0.461. The highest BCUT2D eigenvalue weighted by atomic mass is 32.2. The van der Waals surface area contributed by atoms with Gasteiger partial charge in [-0.1, -0.05) is 6.92 Å². The zero-order valence-electron chi connectivity index (χ0n) is 8.91. The Morgan fingerprint density at radius 2 is 2.21 bits per heavy atom. The van der Waals surface area contributed by atoms with Gasteiger partial charge in [0.2, 0.25) is 0 Å². The van der Waals surface area contributed by atoms with E-state index in [0.29, 0.717) is 11.8 Å². The number of aryl methyl sites for hydroxylation is 1. The molecule has 14 heavy (non-hydrogen) atoms. The Kier molecular flexibility index (Phi) is 4.29. The Balaban J connectivity index is 2.76. The lowest BCUT2D eigenvalue weighted by atomic mass is 10.2. The lowest BCUT2D eigenvalue weighted by molar-refractivity contribution is 0.411. The van der Waals surface area contributed by atoms with E-state index in [1.165, 1.54) is 10.5 Å². The highest BCUT2D eigenvalue weighted by molar-refractivity contribution is 8.00. The van der Waals surface area contributed by atoms with Crippen LogP contribution in [-0.2, 0) is 0 Å². The van der Waals surface area contributed by atoms with Crippen molar-refractivity contribution in [3.63, 3.8) is 0 Å². The average Bonchev–Trinajstić information content (AvgIpc) is 2.18. The first-order chi connectivity index (χ1) is 6.67.